The van der Waals surface area contributed by atoms with E-state index in [2.05, 4.69) is 41.9 Å². The summed E-state index contributed by atoms with van der Waals surface area (Å²) >= 11 is 0. The maximum absolute atomic E-state index is 12.6. The average Bonchev–Trinajstić information content (AvgIpc) is 3.15. The Morgan fingerprint density at radius 3 is 2.49 bits per heavy atom. The van der Waals surface area contributed by atoms with Gasteiger partial charge in [-0.05, 0) is 90.0 Å². The Morgan fingerprint density at radius 1 is 1.11 bits per heavy atom. The first-order chi connectivity index (χ1) is 16.6. The highest BCUT2D eigenvalue weighted by atomic mass is 16.6. The zero-order valence-corrected chi connectivity index (χ0v) is 21.6. The fraction of sp³-hybridized carbons (Fsp3) is 0.500. The number of benzene rings is 2. The molecule has 35 heavy (non-hydrogen) atoms. The standard InChI is InChI=1S/C28H38N4O3/c1-28(2,3)35-27(34)31-16-12-20(13-17-31)26-24-11-10-22(21-8-6-9-23(33)18-21)19-25(24)29-32(26)15-7-14-30(4)5/h6,8-11,18-20,33H,7,12-17H2,1-5H3. The molecule has 1 aliphatic rings. The van der Waals surface area contributed by atoms with Gasteiger partial charge in [0, 0.05) is 36.6 Å². The number of ether oxygens (including phenoxy) is 1. The number of carbonyl (C=O) groups excluding carboxylic acids is 1. The fourth-order valence-electron chi connectivity index (χ4n) is 4.82. The van der Waals surface area contributed by atoms with Gasteiger partial charge in [0.05, 0.1) is 5.52 Å². The number of hydrogen-bond acceptors (Lipinski definition) is 5. The number of likely N-dealkylation sites (tertiary alicyclic amines) is 1. The molecule has 4 rings (SSSR count). The number of aryl methyl sites for hydroxylation is 1. The van der Waals surface area contributed by atoms with E-state index in [1.165, 1.54) is 11.1 Å². The van der Waals surface area contributed by atoms with Gasteiger partial charge >= 0.3 is 6.09 Å². The number of aromatic hydroxyl groups is 1. The molecular formula is C28H38N4O3. The van der Waals surface area contributed by atoms with Gasteiger partial charge in [-0.25, -0.2) is 4.79 Å². The molecule has 1 aromatic heterocycles. The first kappa shape index (κ1) is 25.0. The van der Waals surface area contributed by atoms with E-state index in [0.29, 0.717) is 19.0 Å². The van der Waals surface area contributed by atoms with Gasteiger partial charge in [-0.2, -0.15) is 5.10 Å². The van der Waals surface area contributed by atoms with Crippen molar-refractivity contribution in [3.63, 3.8) is 0 Å². The monoisotopic (exact) mass is 478 g/mol. The molecule has 1 saturated heterocycles. The number of rotatable bonds is 6. The highest BCUT2D eigenvalue weighted by Crippen LogP contribution is 2.36. The summed E-state index contributed by atoms with van der Waals surface area (Å²) in [7, 11) is 4.18. The lowest BCUT2D eigenvalue weighted by atomic mass is 9.91. The summed E-state index contributed by atoms with van der Waals surface area (Å²) in [6, 6.07) is 13.7. The van der Waals surface area contributed by atoms with E-state index in [1.54, 1.807) is 12.1 Å². The number of nitrogens with zero attached hydrogens (tertiary/aromatic N) is 4. The first-order valence-corrected chi connectivity index (χ1v) is 12.5. The molecule has 7 heteroatoms. The van der Waals surface area contributed by atoms with Crippen LogP contribution < -0.4 is 0 Å². The molecule has 2 aromatic carbocycles. The van der Waals surface area contributed by atoms with E-state index in [9.17, 15) is 9.90 Å². The van der Waals surface area contributed by atoms with Crippen molar-refractivity contribution in [1.29, 1.82) is 0 Å². The number of piperidine rings is 1. The van der Waals surface area contributed by atoms with Crippen LogP contribution in [0, 0.1) is 0 Å². The van der Waals surface area contributed by atoms with Crippen molar-refractivity contribution in [1.82, 2.24) is 19.6 Å². The van der Waals surface area contributed by atoms with E-state index in [0.717, 1.165) is 49.0 Å². The first-order valence-electron chi connectivity index (χ1n) is 12.5. The number of hydrogen-bond donors (Lipinski definition) is 1. The fourth-order valence-corrected chi connectivity index (χ4v) is 4.82. The zero-order chi connectivity index (χ0) is 25.2. The predicted octanol–water partition coefficient (Wildman–Crippen LogP) is 5.48. The maximum Gasteiger partial charge on any atom is 0.410 e. The van der Waals surface area contributed by atoms with Crippen LogP contribution in [0.2, 0.25) is 0 Å². The van der Waals surface area contributed by atoms with Crippen LogP contribution in [0.5, 0.6) is 5.75 Å². The summed E-state index contributed by atoms with van der Waals surface area (Å²) in [5.74, 6) is 0.596. The molecule has 1 amide bonds. The highest BCUT2D eigenvalue weighted by Gasteiger charge is 2.30. The lowest BCUT2D eigenvalue weighted by Crippen LogP contribution is -2.41. The number of fused-ring (bicyclic) bond motifs is 1. The minimum Gasteiger partial charge on any atom is -0.508 e. The summed E-state index contributed by atoms with van der Waals surface area (Å²) in [6.07, 6.45) is 2.57. The highest BCUT2D eigenvalue weighted by molar-refractivity contribution is 5.87. The minimum absolute atomic E-state index is 0.226. The molecule has 188 valence electrons. The van der Waals surface area contributed by atoms with Crippen LogP contribution in [0.4, 0.5) is 4.79 Å². The summed E-state index contributed by atoms with van der Waals surface area (Å²) in [4.78, 5) is 16.6. The van der Waals surface area contributed by atoms with Gasteiger partial charge in [0.2, 0.25) is 0 Å². The van der Waals surface area contributed by atoms with E-state index in [4.69, 9.17) is 9.84 Å². The van der Waals surface area contributed by atoms with Crippen LogP contribution in [0.15, 0.2) is 42.5 Å². The third kappa shape index (κ3) is 6.14. The molecule has 1 aliphatic heterocycles. The minimum atomic E-state index is -0.484. The van der Waals surface area contributed by atoms with Gasteiger partial charge < -0.3 is 19.6 Å². The van der Waals surface area contributed by atoms with E-state index >= 15 is 0 Å². The lowest BCUT2D eigenvalue weighted by molar-refractivity contribution is 0.0203. The molecule has 0 bridgehead atoms. The van der Waals surface area contributed by atoms with Crippen molar-refractivity contribution in [3.05, 3.63) is 48.2 Å². The van der Waals surface area contributed by atoms with Gasteiger partial charge in [-0.15, -0.1) is 0 Å². The van der Waals surface area contributed by atoms with Crippen LogP contribution in [0.25, 0.3) is 22.0 Å². The number of carbonyl (C=O) groups is 1. The van der Waals surface area contributed by atoms with Gasteiger partial charge in [0.25, 0.3) is 0 Å². The van der Waals surface area contributed by atoms with Crippen LogP contribution >= 0.6 is 0 Å². The van der Waals surface area contributed by atoms with E-state index in [1.807, 2.05) is 37.8 Å². The van der Waals surface area contributed by atoms with Crippen LogP contribution in [-0.2, 0) is 11.3 Å². The van der Waals surface area contributed by atoms with E-state index in [-0.39, 0.29) is 11.8 Å². The second-order valence-corrected chi connectivity index (χ2v) is 10.8. The van der Waals surface area contributed by atoms with Gasteiger partial charge in [0.15, 0.2) is 0 Å². The van der Waals surface area contributed by atoms with Crippen molar-refractivity contribution in [2.24, 2.45) is 0 Å². The number of aromatic nitrogens is 2. The Kier molecular flexibility index (Phi) is 7.36. The SMILES string of the molecule is CN(C)CCCn1nc2cc(-c3cccc(O)c3)ccc2c1C1CCN(C(=O)OC(C)(C)C)CC1. The quantitative estimate of drug-likeness (QED) is 0.508. The molecule has 3 aromatic rings. The Labute approximate surface area is 208 Å². The molecule has 0 aliphatic carbocycles. The predicted molar refractivity (Wildman–Crippen MR) is 140 cm³/mol. The maximum atomic E-state index is 12.6. The third-order valence-corrected chi connectivity index (χ3v) is 6.47. The molecular weight excluding hydrogens is 440 g/mol. The second kappa shape index (κ2) is 10.3. The molecule has 0 atom stereocenters. The largest absolute Gasteiger partial charge is 0.508 e. The normalized spacial score (nSPS) is 15.2. The van der Waals surface area contributed by atoms with Crippen molar-refractivity contribution >= 4 is 17.0 Å². The van der Waals surface area contributed by atoms with Crippen LogP contribution in [-0.4, -0.2) is 70.1 Å². The van der Waals surface area contributed by atoms with Gasteiger partial charge in [-0.3, -0.25) is 4.68 Å². The Bertz CT molecular complexity index is 1170. The Hall–Kier alpha value is -3.06. The van der Waals surface area contributed by atoms with E-state index < -0.39 is 5.60 Å². The number of phenols is 1. The molecule has 0 unspecified atom stereocenters. The van der Waals surface area contributed by atoms with Gasteiger partial charge in [-0.1, -0.05) is 24.3 Å². The van der Waals surface area contributed by atoms with Crippen molar-refractivity contribution in [2.45, 2.75) is 58.1 Å². The zero-order valence-electron chi connectivity index (χ0n) is 21.6. The smallest absolute Gasteiger partial charge is 0.410 e. The van der Waals surface area contributed by atoms with Crippen LogP contribution in [0.3, 0.4) is 0 Å². The molecule has 0 radical (unpaired) electrons. The molecule has 2 heterocycles. The molecule has 1 N–H and O–H groups in total. The molecule has 0 saturated carbocycles. The Balaban J connectivity index is 1.60. The summed E-state index contributed by atoms with van der Waals surface area (Å²) in [6.45, 7) is 8.94. The average molecular weight is 479 g/mol. The molecule has 1 fully saturated rings. The number of phenolic OH excluding ortho intramolecular Hbond substituents is 1. The third-order valence-electron chi connectivity index (χ3n) is 6.47. The Morgan fingerprint density at radius 2 is 1.83 bits per heavy atom. The topological polar surface area (TPSA) is 70.8 Å². The summed E-state index contributed by atoms with van der Waals surface area (Å²) in [5.41, 5.74) is 3.77. The van der Waals surface area contributed by atoms with Gasteiger partial charge in [0.1, 0.15) is 11.4 Å². The number of amides is 1. The van der Waals surface area contributed by atoms with Crippen LogP contribution in [0.1, 0.15) is 51.6 Å². The van der Waals surface area contributed by atoms with Crippen molar-refractivity contribution in [2.75, 3.05) is 33.7 Å². The van der Waals surface area contributed by atoms with Crippen molar-refractivity contribution < 1.29 is 14.6 Å². The summed E-state index contributed by atoms with van der Waals surface area (Å²) in [5, 5.41) is 16.1. The van der Waals surface area contributed by atoms with Crippen molar-refractivity contribution in [3.8, 4) is 16.9 Å². The molecule has 0 spiro atoms. The molecule has 7 nitrogen and oxygen atoms in total. The summed E-state index contributed by atoms with van der Waals surface area (Å²) < 4.78 is 7.77. The lowest BCUT2D eigenvalue weighted by Gasteiger charge is -2.33. The second-order valence-electron chi connectivity index (χ2n) is 10.8.